The molecule has 3 aliphatic rings. The summed E-state index contributed by atoms with van der Waals surface area (Å²) in [4.78, 5) is 19.2. The van der Waals surface area contributed by atoms with Crippen molar-refractivity contribution in [3.63, 3.8) is 0 Å². The van der Waals surface area contributed by atoms with Gasteiger partial charge in [-0.15, -0.1) is 0 Å². The van der Waals surface area contributed by atoms with Gasteiger partial charge < -0.3 is 15.4 Å². The molecule has 3 fully saturated rings. The van der Waals surface area contributed by atoms with Crippen molar-refractivity contribution in [2.75, 3.05) is 32.8 Å². The molecule has 124 valence electrons. The lowest BCUT2D eigenvalue weighted by Gasteiger charge is -2.47. The number of hydrogen-bond acceptors (Lipinski definition) is 6. The lowest BCUT2D eigenvalue weighted by molar-refractivity contribution is -0.137. The molecule has 0 spiro atoms. The van der Waals surface area contributed by atoms with Gasteiger partial charge in [0.15, 0.2) is 0 Å². The second kappa shape index (κ2) is 6.52. The van der Waals surface area contributed by atoms with Crippen LogP contribution < -0.4 is 16.0 Å². The van der Waals surface area contributed by atoms with E-state index in [2.05, 4.69) is 31.9 Å². The molecule has 1 aromatic rings. The zero-order valence-electron chi connectivity index (χ0n) is 13.1. The van der Waals surface area contributed by atoms with Gasteiger partial charge in [0.1, 0.15) is 6.29 Å². The smallest absolute Gasteiger partial charge is 0.228 e. The number of rotatable bonds is 2. The fourth-order valence-electron chi connectivity index (χ4n) is 3.87. The minimum Gasteiger partial charge on any atom is -0.379 e. The molecule has 0 radical (unpaired) electrons. The van der Waals surface area contributed by atoms with Crippen LogP contribution in [-0.4, -0.2) is 61.1 Å². The number of fused-ring (bicyclic) bond motifs is 1. The number of carbonyl (C=O) groups excluding carboxylic acids is 1. The molecule has 1 aromatic heterocycles. The highest BCUT2D eigenvalue weighted by Gasteiger charge is 2.44. The molecule has 3 saturated heterocycles. The molecular formula is C16H23N5O2. The van der Waals surface area contributed by atoms with Gasteiger partial charge in [-0.2, -0.15) is 0 Å². The van der Waals surface area contributed by atoms with Crippen molar-refractivity contribution in [2.24, 2.45) is 5.92 Å². The Bertz CT molecular complexity index is 549. The number of ether oxygens (including phenoxy) is 1. The van der Waals surface area contributed by atoms with E-state index in [0.717, 1.165) is 31.6 Å². The van der Waals surface area contributed by atoms with E-state index in [-0.39, 0.29) is 30.2 Å². The number of nitrogens with one attached hydrogen (secondary N) is 3. The lowest BCUT2D eigenvalue weighted by atomic mass is 9.78. The van der Waals surface area contributed by atoms with Crippen molar-refractivity contribution >= 4 is 5.91 Å². The predicted octanol–water partition coefficient (Wildman–Crippen LogP) is -0.564. The summed E-state index contributed by atoms with van der Waals surface area (Å²) in [6, 6.07) is 4.01. The third-order valence-electron chi connectivity index (χ3n) is 5.05. The van der Waals surface area contributed by atoms with E-state index in [4.69, 9.17) is 4.74 Å². The van der Waals surface area contributed by atoms with Gasteiger partial charge in [-0.3, -0.25) is 20.0 Å². The maximum Gasteiger partial charge on any atom is 0.228 e. The maximum atomic E-state index is 12.8. The highest BCUT2D eigenvalue weighted by Crippen LogP contribution is 2.34. The normalized spacial score (nSPS) is 35.4. The molecule has 7 heteroatoms. The number of amides is 1. The van der Waals surface area contributed by atoms with E-state index in [1.165, 1.54) is 0 Å². The third kappa shape index (κ3) is 2.97. The van der Waals surface area contributed by atoms with Gasteiger partial charge in [0.2, 0.25) is 5.91 Å². The van der Waals surface area contributed by atoms with Gasteiger partial charge in [-0.25, -0.2) is 0 Å². The van der Waals surface area contributed by atoms with Crippen LogP contribution in [0.5, 0.6) is 0 Å². The third-order valence-corrected chi connectivity index (χ3v) is 5.05. The molecule has 0 aliphatic carbocycles. The molecular weight excluding hydrogens is 294 g/mol. The number of piperidine rings is 1. The first-order chi connectivity index (χ1) is 11.3. The summed E-state index contributed by atoms with van der Waals surface area (Å²) in [7, 11) is 0. The van der Waals surface area contributed by atoms with Gasteiger partial charge >= 0.3 is 0 Å². The van der Waals surface area contributed by atoms with E-state index in [1.54, 1.807) is 6.20 Å². The van der Waals surface area contributed by atoms with Crippen molar-refractivity contribution in [1.29, 1.82) is 0 Å². The minimum absolute atomic E-state index is 0.00412. The molecule has 4 unspecified atom stereocenters. The SMILES string of the molecule is O=C1NC(N2CCOCC2)NC2NCCC(c3cccnc3)C12. The molecule has 3 N–H and O–H groups in total. The standard InChI is InChI=1S/C16H23N5O2/c22-15-13-12(11-2-1-4-17-10-11)3-5-18-14(13)19-16(20-15)21-6-8-23-9-7-21/h1-2,4,10,12-14,16,18-19H,3,5-9H2,(H,20,22). The molecule has 4 atom stereocenters. The quantitative estimate of drug-likeness (QED) is 0.678. The Labute approximate surface area is 135 Å². The van der Waals surface area contributed by atoms with Gasteiger partial charge in [-0.1, -0.05) is 6.07 Å². The average molecular weight is 317 g/mol. The van der Waals surface area contributed by atoms with Crippen LogP contribution in [0.15, 0.2) is 24.5 Å². The van der Waals surface area contributed by atoms with E-state index in [0.29, 0.717) is 13.2 Å². The summed E-state index contributed by atoms with van der Waals surface area (Å²) in [6.45, 7) is 4.00. The first-order valence-electron chi connectivity index (χ1n) is 8.34. The Morgan fingerprint density at radius 3 is 2.96 bits per heavy atom. The summed E-state index contributed by atoms with van der Waals surface area (Å²) >= 11 is 0. The first kappa shape index (κ1) is 15.0. The van der Waals surface area contributed by atoms with Crippen molar-refractivity contribution in [3.8, 4) is 0 Å². The van der Waals surface area contributed by atoms with E-state index in [1.807, 2.05) is 12.3 Å². The molecule has 0 saturated carbocycles. The fourth-order valence-corrected chi connectivity index (χ4v) is 3.87. The van der Waals surface area contributed by atoms with Gasteiger partial charge in [-0.05, 0) is 24.6 Å². The van der Waals surface area contributed by atoms with Crippen molar-refractivity contribution in [3.05, 3.63) is 30.1 Å². The Morgan fingerprint density at radius 1 is 1.30 bits per heavy atom. The number of nitrogens with zero attached hydrogens (tertiary/aromatic N) is 2. The number of carbonyl (C=O) groups is 1. The number of hydrogen-bond donors (Lipinski definition) is 3. The molecule has 4 rings (SSSR count). The van der Waals surface area contributed by atoms with E-state index < -0.39 is 0 Å². The Hall–Kier alpha value is -1.54. The minimum atomic E-state index is -0.118. The van der Waals surface area contributed by atoms with Crippen LogP contribution in [0.25, 0.3) is 0 Å². The summed E-state index contributed by atoms with van der Waals surface area (Å²) in [5.74, 6) is 0.213. The largest absolute Gasteiger partial charge is 0.379 e. The van der Waals surface area contributed by atoms with Crippen LogP contribution in [-0.2, 0) is 9.53 Å². The highest BCUT2D eigenvalue weighted by atomic mass is 16.5. The van der Waals surface area contributed by atoms with Crippen LogP contribution in [0.3, 0.4) is 0 Å². The monoisotopic (exact) mass is 317 g/mol. The van der Waals surface area contributed by atoms with Crippen molar-refractivity contribution in [1.82, 2.24) is 25.8 Å². The van der Waals surface area contributed by atoms with Gasteiger partial charge in [0.05, 0.1) is 25.3 Å². The van der Waals surface area contributed by atoms with Crippen LogP contribution in [0.1, 0.15) is 17.9 Å². The molecule has 3 aliphatic heterocycles. The van der Waals surface area contributed by atoms with Crippen molar-refractivity contribution in [2.45, 2.75) is 24.8 Å². The van der Waals surface area contributed by atoms with Gasteiger partial charge in [0, 0.05) is 31.4 Å². The summed E-state index contributed by atoms with van der Waals surface area (Å²) < 4.78 is 5.39. The molecule has 0 bridgehead atoms. The highest BCUT2D eigenvalue weighted by molar-refractivity contribution is 5.81. The molecule has 0 aromatic carbocycles. The van der Waals surface area contributed by atoms with Crippen LogP contribution in [0, 0.1) is 5.92 Å². The van der Waals surface area contributed by atoms with E-state index >= 15 is 0 Å². The van der Waals surface area contributed by atoms with Crippen LogP contribution in [0.4, 0.5) is 0 Å². The summed E-state index contributed by atoms with van der Waals surface area (Å²) in [5.41, 5.74) is 1.14. The zero-order valence-corrected chi connectivity index (χ0v) is 13.1. The predicted molar refractivity (Wildman–Crippen MR) is 84.3 cm³/mol. The maximum absolute atomic E-state index is 12.8. The number of morpholine rings is 1. The first-order valence-corrected chi connectivity index (χ1v) is 8.34. The number of aromatic nitrogens is 1. The van der Waals surface area contributed by atoms with Gasteiger partial charge in [0.25, 0.3) is 0 Å². The zero-order chi connectivity index (χ0) is 15.6. The van der Waals surface area contributed by atoms with Crippen LogP contribution in [0.2, 0.25) is 0 Å². The second-order valence-electron chi connectivity index (χ2n) is 6.37. The topological polar surface area (TPSA) is 78.5 Å². The van der Waals surface area contributed by atoms with Crippen LogP contribution >= 0.6 is 0 Å². The Kier molecular flexibility index (Phi) is 4.26. The fraction of sp³-hybridized carbons (Fsp3) is 0.625. The Balaban J connectivity index is 1.52. The summed E-state index contributed by atoms with van der Waals surface area (Å²) in [6.07, 6.45) is 4.48. The second-order valence-corrected chi connectivity index (χ2v) is 6.37. The lowest BCUT2D eigenvalue weighted by Crippen LogP contribution is -2.73. The van der Waals surface area contributed by atoms with E-state index in [9.17, 15) is 4.79 Å². The van der Waals surface area contributed by atoms with Crippen molar-refractivity contribution < 1.29 is 9.53 Å². The Morgan fingerprint density at radius 2 is 2.17 bits per heavy atom. The molecule has 23 heavy (non-hydrogen) atoms. The molecule has 1 amide bonds. The number of pyridine rings is 1. The molecule has 7 nitrogen and oxygen atoms in total. The molecule has 4 heterocycles. The average Bonchev–Trinajstić information content (AvgIpc) is 2.62. The summed E-state index contributed by atoms with van der Waals surface area (Å²) in [5, 5.41) is 10.2.